The third kappa shape index (κ3) is 2.98. The van der Waals surface area contributed by atoms with Gasteiger partial charge < -0.3 is 4.90 Å². The number of benzene rings is 1. The van der Waals surface area contributed by atoms with Gasteiger partial charge in [-0.3, -0.25) is 9.69 Å². The van der Waals surface area contributed by atoms with Crippen LogP contribution in [0.5, 0.6) is 0 Å². The lowest BCUT2D eigenvalue weighted by Crippen LogP contribution is -2.53. The second kappa shape index (κ2) is 5.48. The molecule has 1 aromatic carbocycles. The monoisotopic (exact) mass is 282 g/mol. The third-order valence-electron chi connectivity index (χ3n) is 3.73. The van der Waals surface area contributed by atoms with E-state index < -0.39 is 11.6 Å². The van der Waals surface area contributed by atoms with Crippen LogP contribution in [-0.2, 0) is 0 Å². The van der Waals surface area contributed by atoms with Gasteiger partial charge in [0.25, 0.3) is 0 Å². The molecule has 0 spiro atoms. The Balaban J connectivity index is 2.21. The van der Waals surface area contributed by atoms with E-state index in [9.17, 15) is 13.6 Å². The second-order valence-corrected chi connectivity index (χ2v) is 6.09. The second-order valence-electron chi connectivity index (χ2n) is 6.09. The molecule has 0 saturated carbocycles. The van der Waals surface area contributed by atoms with Crippen molar-refractivity contribution in [2.24, 2.45) is 0 Å². The molecule has 110 valence electrons. The first-order valence-electron chi connectivity index (χ1n) is 6.77. The van der Waals surface area contributed by atoms with Crippen LogP contribution in [0, 0.1) is 11.6 Å². The highest BCUT2D eigenvalue weighted by Gasteiger charge is 2.28. The Bertz CT molecular complexity index is 503. The van der Waals surface area contributed by atoms with Crippen LogP contribution in [0.25, 0.3) is 0 Å². The fourth-order valence-corrected chi connectivity index (χ4v) is 2.61. The summed E-state index contributed by atoms with van der Waals surface area (Å²) in [4.78, 5) is 15.2. The standard InChI is InChI=1S/C15H20F2N2O/c1-15(2,3)19-6-4-18(5-7-19)14-11(10-20)8-12(16)9-13(14)17/h8-10H,4-7H2,1-3H3. The van der Waals surface area contributed by atoms with Crippen molar-refractivity contribution in [1.82, 2.24) is 4.90 Å². The summed E-state index contributed by atoms with van der Waals surface area (Å²) in [5, 5.41) is 0. The number of hydrogen-bond acceptors (Lipinski definition) is 3. The smallest absolute Gasteiger partial charge is 0.152 e. The van der Waals surface area contributed by atoms with E-state index in [0.717, 1.165) is 25.2 Å². The molecule has 1 aliphatic rings. The van der Waals surface area contributed by atoms with Gasteiger partial charge in [-0.05, 0) is 26.8 Å². The molecule has 0 radical (unpaired) electrons. The summed E-state index contributed by atoms with van der Waals surface area (Å²) in [6, 6.07) is 1.92. The first-order chi connectivity index (χ1) is 9.32. The number of hydrogen-bond donors (Lipinski definition) is 0. The number of carbonyl (C=O) groups excluding carboxylic acids is 1. The Hall–Kier alpha value is -1.49. The molecule has 1 fully saturated rings. The SMILES string of the molecule is CC(C)(C)N1CCN(c2c(F)cc(F)cc2C=O)CC1. The van der Waals surface area contributed by atoms with E-state index in [1.54, 1.807) is 0 Å². The van der Waals surface area contributed by atoms with Crippen LogP contribution in [0.15, 0.2) is 12.1 Å². The van der Waals surface area contributed by atoms with Crippen molar-refractivity contribution in [3.63, 3.8) is 0 Å². The van der Waals surface area contributed by atoms with Gasteiger partial charge in [-0.25, -0.2) is 8.78 Å². The zero-order valence-corrected chi connectivity index (χ0v) is 12.1. The molecule has 1 heterocycles. The van der Waals surface area contributed by atoms with E-state index >= 15 is 0 Å². The van der Waals surface area contributed by atoms with Gasteiger partial charge in [0.15, 0.2) is 6.29 Å². The van der Waals surface area contributed by atoms with Crippen molar-refractivity contribution in [2.45, 2.75) is 26.3 Å². The topological polar surface area (TPSA) is 23.6 Å². The molecule has 0 bridgehead atoms. The zero-order valence-electron chi connectivity index (χ0n) is 12.1. The summed E-state index contributed by atoms with van der Waals surface area (Å²) in [5.74, 6) is -1.39. The summed E-state index contributed by atoms with van der Waals surface area (Å²) < 4.78 is 27.1. The van der Waals surface area contributed by atoms with Crippen LogP contribution in [-0.4, -0.2) is 42.9 Å². The molecule has 20 heavy (non-hydrogen) atoms. The molecule has 0 aromatic heterocycles. The van der Waals surface area contributed by atoms with Crippen molar-refractivity contribution >= 4 is 12.0 Å². The van der Waals surface area contributed by atoms with Crippen molar-refractivity contribution < 1.29 is 13.6 Å². The number of halogens is 2. The molecule has 0 aliphatic carbocycles. The number of aldehydes is 1. The Morgan fingerprint density at radius 3 is 2.20 bits per heavy atom. The van der Waals surface area contributed by atoms with Crippen LogP contribution in [0.2, 0.25) is 0 Å². The van der Waals surface area contributed by atoms with Crippen LogP contribution in [0.4, 0.5) is 14.5 Å². The van der Waals surface area contributed by atoms with Gasteiger partial charge in [0, 0.05) is 43.3 Å². The molecule has 2 rings (SSSR count). The normalized spacial score (nSPS) is 17.4. The largest absolute Gasteiger partial charge is 0.366 e. The number of carbonyl (C=O) groups is 1. The molecule has 3 nitrogen and oxygen atoms in total. The summed E-state index contributed by atoms with van der Waals surface area (Å²) in [7, 11) is 0. The minimum atomic E-state index is -0.721. The molecular formula is C15H20F2N2O. The van der Waals surface area contributed by atoms with E-state index in [2.05, 4.69) is 25.7 Å². The maximum atomic E-state index is 14.0. The van der Waals surface area contributed by atoms with Crippen molar-refractivity contribution in [3.8, 4) is 0 Å². The molecule has 0 atom stereocenters. The van der Waals surface area contributed by atoms with E-state index in [0.29, 0.717) is 19.4 Å². The van der Waals surface area contributed by atoms with E-state index in [-0.39, 0.29) is 16.8 Å². The first-order valence-corrected chi connectivity index (χ1v) is 6.77. The minimum absolute atomic E-state index is 0.0704. The van der Waals surface area contributed by atoms with Gasteiger partial charge >= 0.3 is 0 Å². The molecule has 0 unspecified atom stereocenters. The molecule has 1 aliphatic heterocycles. The van der Waals surface area contributed by atoms with Gasteiger partial charge in [-0.2, -0.15) is 0 Å². The molecule has 1 aromatic rings. The fourth-order valence-electron chi connectivity index (χ4n) is 2.61. The first kappa shape index (κ1) is 14.9. The van der Waals surface area contributed by atoms with Crippen molar-refractivity contribution in [1.29, 1.82) is 0 Å². The Morgan fingerprint density at radius 1 is 1.10 bits per heavy atom. The fraction of sp³-hybridized carbons (Fsp3) is 0.533. The third-order valence-corrected chi connectivity index (χ3v) is 3.73. The number of nitrogens with zero attached hydrogens (tertiary/aromatic N) is 2. The maximum Gasteiger partial charge on any atom is 0.152 e. The van der Waals surface area contributed by atoms with E-state index in [4.69, 9.17) is 0 Å². The average Bonchev–Trinajstić information content (AvgIpc) is 2.37. The van der Waals surface area contributed by atoms with E-state index in [1.165, 1.54) is 0 Å². The Kier molecular flexibility index (Phi) is 4.09. The predicted octanol–water partition coefficient (Wildman–Crippen LogP) is 2.70. The lowest BCUT2D eigenvalue weighted by atomic mass is 10.0. The summed E-state index contributed by atoms with van der Waals surface area (Å²) in [6.07, 6.45) is 0.512. The number of anilines is 1. The molecule has 0 amide bonds. The van der Waals surface area contributed by atoms with Gasteiger partial charge in [0.05, 0.1) is 5.69 Å². The minimum Gasteiger partial charge on any atom is -0.366 e. The summed E-state index contributed by atoms with van der Waals surface area (Å²) in [6.45, 7) is 9.24. The quantitative estimate of drug-likeness (QED) is 0.779. The number of rotatable bonds is 2. The van der Waals surface area contributed by atoms with Crippen LogP contribution in [0.3, 0.4) is 0 Å². The van der Waals surface area contributed by atoms with Crippen molar-refractivity contribution in [2.75, 3.05) is 31.1 Å². The van der Waals surface area contributed by atoms with Gasteiger partial charge in [-0.15, -0.1) is 0 Å². The molecule has 1 saturated heterocycles. The van der Waals surface area contributed by atoms with Crippen molar-refractivity contribution in [3.05, 3.63) is 29.3 Å². The molecule has 0 N–H and O–H groups in total. The van der Waals surface area contributed by atoms with Crippen LogP contribution >= 0.6 is 0 Å². The number of piperazine rings is 1. The van der Waals surface area contributed by atoms with Gasteiger partial charge in [-0.1, -0.05) is 0 Å². The summed E-state index contributed by atoms with van der Waals surface area (Å²) >= 11 is 0. The van der Waals surface area contributed by atoms with Crippen LogP contribution < -0.4 is 4.90 Å². The Labute approximate surface area is 118 Å². The predicted molar refractivity (Wildman–Crippen MR) is 75.3 cm³/mol. The van der Waals surface area contributed by atoms with Gasteiger partial charge in [0.1, 0.15) is 11.6 Å². The zero-order chi connectivity index (χ0) is 14.9. The van der Waals surface area contributed by atoms with Crippen LogP contribution in [0.1, 0.15) is 31.1 Å². The average molecular weight is 282 g/mol. The highest BCUT2D eigenvalue weighted by Crippen LogP contribution is 2.27. The molecular weight excluding hydrogens is 262 g/mol. The highest BCUT2D eigenvalue weighted by atomic mass is 19.1. The molecule has 5 heteroatoms. The lowest BCUT2D eigenvalue weighted by molar-refractivity contribution is 0.112. The highest BCUT2D eigenvalue weighted by molar-refractivity contribution is 5.85. The lowest BCUT2D eigenvalue weighted by Gasteiger charge is -2.43. The van der Waals surface area contributed by atoms with Gasteiger partial charge in [0.2, 0.25) is 0 Å². The maximum absolute atomic E-state index is 14.0. The Morgan fingerprint density at radius 2 is 1.70 bits per heavy atom. The summed E-state index contributed by atoms with van der Waals surface area (Å²) in [5.41, 5.74) is 0.364. The van der Waals surface area contributed by atoms with E-state index in [1.807, 2.05) is 4.90 Å².